The zero-order valence-electron chi connectivity index (χ0n) is 16.3. The molecule has 1 aromatic carbocycles. The second-order valence-electron chi connectivity index (χ2n) is 7.53. The molecular weight excluding hydrogens is 338 g/mol. The van der Waals surface area contributed by atoms with Crippen LogP contribution in [0.5, 0.6) is 0 Å². The van der Waals surface area contributed by atoms with Gasteiger partial charge in [0.2, 0.25) is 0 Å². The number of carbonyl (C=O) groups is 1. The highest BCUT2D eigenvalue weighted by molar-refractivity contribution is 5.90. The lowest BCUT2D eigenvalue weighted by molar-refractivity contribution is -0.138. The third-order valence-electron chi connectivity index (χ3n) is 6.03. The van der Waals surface area contributed by atoms with Crippen LogP contribution in [-0.4, -0.2) is 44.3 Å². The molecule has 27 heavy (non-hydrogen) atoms. The Labute approximate surface area is 162 Å². The molecule has 3 rings (SSSR count). The quantitative estimate of drug-likeness (QED) is 0.689. The van der Waals surface area contributed by atoms with Crippen molar-refractivity contribution in [2.45, 2.75) is 43.4 Å². The Bertz CT molecular complexity index is 693. The van der Waals surface area contributed by atoms with Crippen molar-refractivity contribution in [1.82, 2.24) is 10.6 Å². The molecule has 0 radical (unpaired) electrons. The first kappa shape index (κ1) is 19.8. The van der Waals surface area contributed by atoms with Gasteiger partial charge in [0.15, 0.2) is 5.60 Å². The standard InChI is InChI=1S/C22H31N3O2/c1-24-19-8-10-20(11-9-19)25-15-18-14-17(16-6-4-3-5-7-16)12-13-22(18,27-2)21(23)26/h3-7,12-14,18-20,24-25H,8-11,15H2,1-2H3,(H2,23,26). The predicted octanol–water partition coefficient (Wildman–Crippen LogP) is 2.25. The SMILES string of the molecule is CNC1CCC(NCC2C=C(c3ccccc3)C=CC2(OC)C(N)=O)CC1. The summed E-state index contributed by atoms with van der Waals surface area (Å²) in [5.74, 6) is -0.600. The van der Waals surface area contributed by atoms with E-state index in [0.29, 0.717) is 18.6 Å². The Kier molecular flexibility index (Phi) is 6.47. The highest BCUT2D eigenvalue weighted by atomic mass is 16.5. The zero-order valence-corrected chi connectivity index (χ0v) is 16.3. The lowest BCUT2D eigenvalue weighted by Gasteiger charge is -2.37. The van der Waals surface area contributed by atoms with Gasteiger partial charge in [-0.2, -0.15) is 0 Å². The van der Waals surface area contributed by atoms with E-state index in [1.165, 1.54) is 12.8 Å². The molecule has 1 aromatic rings. The number of primary amides is 1. The Balaban J connectivity index is 1.75. The van der Waals surface area contributed by atoms with Crippen LogP contribution in [0.4, 0.5) is 0 Å². The molecule has 4 N–H and O–H groups in total. The minimum Gasteiger partial charge on any atom is -0.367 e. The Hall–Kier alpha value is -1.95. The second kappa shape index (κ2) is 8.83. The lowest BCUT2D eigenvalue weighted by Crippen LogP contribution is -2.54. The molecule has 2 aliphatic carbocycles. The molecule has 146 valence electrons. The van der Waals surface area contributed by atoms with E-state index in [-0.39, 0.29) is 5.92 Å². The van der Waals surface area contributed by atoms with Crippen molar-refractivity contribution in [3.05, 3.63) is 54.1 Å². The van der Waals surface area contributed by atoms with Crippen LogP contribution in [0.15, 0.2) is 48.6 Å². The van der Waals surface area contributed by atoms with Gasteiger partial charge >= 0.3 is 0 Å². The van der Waals surface area contributed by atoms with Crippen LogP contribution in [0, 0.1) is 5.92 Å². The third kappa shape index (κ3) is 4.32. The maximum absolute atomic E-state index is 12.3. The molecule has 2 atom stereocenters. The van der Waals surface area contributed by atoms with Gasteiger partial charge in [-0.1, -0.05) is 42.5 Å². The van der Waals surface area contributed by atoms with Crippen molar-refractivity contribution in [2.24, 2.45) is 11.7 Å². The van der Waals surface area contributed by atoms with E-state index < -0.39 is 11.5 Å². The fraction of sp³-hybridized carbons (Fsp3) is 0.500. The van der Waals surface area contributed by atoms with Gasteiger partial charge in [0, 0.05) is 31.7 Å². The number of amides is 1. The van der Waals surface area contributed by atoms with E-state index in [9.17, 15) is 4.79 Å². The van der Waals surface area contributed by atoms with Crippen LogP contribution >= 0.6 is 0 Å². The molecule has 2 aliphatic rings. The fourth-order valence-electron chi connectivity index (χ4n) is 4.23. The van der Waals surface area contributed by atoms with Crippen molar-refractivity contribution in [3.8, 4) is 0 Å². The number of rotatable bonds is 7. The minimum atomic E-state index is -1.10. The highest BCUT2D eigenvalue weighted by Gasteiger charge is 2.43. The number of benzene rings is 1. The van der Waals surface area contributed by atoms with Crippen molar-refractivity contribution >= 4 is 11.5 Å². The summed E-state index contributed by atoms with van der Waals surface area (Å²) in [5.41, 5.74) is 6.87. The average molecular weight is 370 g/mol. The number of methoxy groups -OCH3 is 1. The summed E-state index contributed by atoms with van der Waals surface area (Å²) >= 11 is 0. The van der Waals surface area contributed by atoms with E-state index in [1.54, 1.807) is 7.11 Å². The van der Waals surface area contributed by atoms with Crippen LogP contribution in [-0.2, 0) is 9.53 Å². The molecule has 5 heteroatoms. The van der Waals surface area contributed by atoms with E-state index >= 15 is 0 Å². The summed E-state index contributed by atoms with van der Waals surface area (Å²) in [5, 5.41) is 7.02. The Morgan fingerprint density at radius 2 is 1.85 bits per heavy atom. The molecule has 1 saturated carbocycles. The highest BCUT2D eigenvalue weighted by Crippen LogP contribution is 2.34. The van der Waals surface area contributed by atoms with Crippen molar-refractivity contribution < 1.29 is 9.53 Å². The average Bonchev–Trinajstić information content (AvgIpc) is 2.72. The maximum Gasteiger partial charge on any atom is 0.254 e. The monoisotopic (exact) mass is 369 g/mol. The van der Waals surface area contributed by atoms with E-state index in [1.807, 2.05) is 37.4 Å². The van der Waals surface area contributed by atoms with E-state index in [4.69, 9.17) is 10.5 Å². The van der Waals surface area contributed by atoms with Crippen LogP contribution in [0.2, 0.25) is 0 Å². The number of nitrogens with two attached hydrogens (primary N) is 1. The van der Waals surface area contributed by atoms with Crippen LogP contribution in [0.3, 0.4) is 0 Å². The molecule has 2 unspecified atom stereocenters. The third-order valence-corrected chi connectivity index (χ3v) is 6.03. The van der Waals surface area contributed by atoms with Crippen LogP contribution in [0.25, 0.3) is 5.57 Å². The topological polar surface area (TPSA) is 76.4 Å². The number of nitrogens with one attached hydrogen (secondary N) is 2. The molecule has 0 aliphatic heterocycles. The number of ether oxygens (including phenoxy) is 1. The van der Waals surface area contributed by atoms with Gasteiger partial charge in [0.25, 0.3) is 5.91 Å². The predicted molar refractivity (Wildman–Crippen MR) is 109 cm³/mol. The minimum absolute atomic E-state index is 0.151. The number of carbonyl (C=O) groups excluding carboxylic acids is 1. The van der Waals surface area contributed by atoms with Crippen molar-refractivity contribution in [2.75, 3.05) is 20.7 Å². The second-order valence-corrected chi connectivity index (χ2v) is 7.53. The summed E-state index contributed by atoms with van der Waals surface area (Å²) in [6.07, 6.45) is 10.5. The number of allylic oxidation sites excluding steroid dienone is 2. The normalized spacial score (nSPS) is 30.7. The van der Waals surface area contributed by atoms with Crippen LogP contribution in [0.1, 0.15) is 31.2 Å². The van der Waals surface area contributed by atoms with Crippen molar-refractivity contribution in [1.29, 1.82) is 0 Å². The van der Waals surface area contributed by atoms with Gasteiger partial charge in [-0.25, -0.2) is 0 Å². The van der Waals surface area contributed by atoms with Gasteiger partial charge in [0.05, 0.1) is 0 Å². The summed E-state index contributed by atoms with van der Waals surface area (Å²) in [6.45, 7) is 0.659. The molecule has 0 heterocycles. The molecule has 0 spiro atoms. The van der Waals surface area contributed by atoms with Gasteiger partial charge in [0.1, 0.15) is 0 Å². The van der Waals surface area contributed by atoms with Gasteiger partial charge in [-0.3, -0.25) is 4.79 Å². The van der Waals surface area contributed by atoms with Crippen molar-refractivity contribution in [3.63, 3.8) is 0 Å². The molecule has 5 nitrogen and oxygen atoms in total. The summed E-state index contributed by atoms with van der Waals surface area (Å²) < 4.78 is 5.66. The first-order valence-corrected chi connectivity index (χ1v) is 9.81. The molecule has 1 fully saturated rings. The zero-order chi connectivity index (χ0) is 19.3. The smallest absolute Gasteiger partial charge is 0.254 e. The largest absolute Gasteiger partial charge is 0.367 e. The lowest BCUT2D eigenvalue weighted by atomic mass is 9.79. The summed E-state index contributed by atoms with van der Waals surface area (Å²) in [7, 11) is 3.59. The number of hydrogen-bond donors (Lipinski definition) is 3. The summed E-state index contributed by atoms with van der Waals surface area (Å²) in [6, 6.07) is 11.3. The molecule has 0 aromatic heterocycles. The van der Waals surface area contributed by atoms with Gasteiger partial charge < -0.3 is 21.1 Å². The van der Waals surface area contributed by atoms with E-state index in [0.717, 1.165) is 24.0 Å². The Morgan fingerprint density at radius 1 is 1.19 bits per heavy atom. The van der Waals surface area contributed by atoms with Crippen LogP contribution < -0.4 is 16.4 Å². The first-order chi connectivity index (χ1) is 13.1. The fourth-order valence-corrected chi connectivity index (χ4v) is 4.23. The Morgan fingerprint density at radius 3 is 2.44 bits per heavy atom. The first-order valence-electron chi connectivity index (χ1n) is 9.81. The van der Waals surface area contributed by atoms with Gasteiger partial charge in [-0.15, -0.1) is 0 Å². The van der Waals surface area contributed by atoms with E-state index in [2.05, 4.69) is 28.8 Å². The van der Waals surface area contributed by atoms with Gasteiger partial charge in [-0.05, 0) is 49.9 Å². The number of hydrogen-bond acceptors (Lipinski definition) is 4. The molecule has 0 saturated heterocycles. The molecule has 1 amide bonds. The molecular formula is C22H31N3O2. The molecule has 0 bridgehead atoms. The maximum atomic E-state index is 12.3. The summed E-state index contributed by atoms with van der Waals surface area (Å²) in [4.78, 5) is 12.3.